The fraction of sp³-hybridized carbons (Fsp3) is 0.333. The van der Waals surface area contributed by atoms with Gasteiger partial charge >= 0.3 is 5.97 Å². The number of carboxylic acids is 1. The molecule has 1 aromatic carbocycles. The van der Waals surface area contributed by atoms with Crippen molar-refractivity contribution in [1.82, 2.24) is 4.57 Å². The second-order valence-corrected chi connectivity index (χ2v) is 5.24. The van der Waals surface area contributed by atoms with Crippen molar-refractivity contribution in [1.29, 1.82) is 0 Å². The number of halogens is 2. The average Bonchev–Trinajstić information content (AvgIpc) is 2.50. The maximum absolute atomic E-state index is 13.5. The zero-order valence-electron chi connectivity index (χ0n) is 11.5. The molecule has 2 aromatic rings. The SMILES string of the molecule is O=C(O)c1cn(C2CCCOC2)c2cc(F)c(F)cc2c1=O. The first-order valence-corrected chi connectivity index (χ1v) is 6.84. The molecule has 2 heterocycles. The van der Waals surface area contributed by atoms with Gasteiger partial charge in [0, 0.05) is 24.3 Å². The van der Waals surface area contributed by atoms with Gasteiger partial charge in [0.25, 0.3) is 0 Å². The smallest absolute Gasteiger partial charge is 0.341 e. The predicted octanol–water partition coefficient (Wildman–Crippen LogP) is 2.33. The van der Waals surface area contributed by atoms with E-state index in [-0.39, 0.29) is 16.9 Å². The Hall–Kier alpha value is -2.28. The number of carboxylic acid groups (broad SMARTS) is 1. The summed E-state index contributed by atoms with van der Waals surface area (Å²) in [5, 5.41) is 9.01. The molecule has 116 valence electrons. The lowest BCUT2D eigenvalue weighted by Crippen LogP contribution is -2.26. The van der Waals surface area contributed by atoms with Crippen LogP contribution in [0, 0.1) is 11.6 Å². The zero-order valence-corrected chi connectivity index (χ0v) is 11.5. The second kappa shape index (κ2) is 5.49. The number of nitrogens with zero attached hydrogens (tertiary/aromatic N) is 1. The molecule has 0 radical (unpaired) electrons. The Bertz CT molecular complexity index is 809. The van der Waals surface area contributed by atoms with Crippen molar-refractivity contribution < 1.29 is 23.4 Å². The number of pyridine rings is 1. The number of rotatable bonds is 2. The van der Waals surface area contributed by atoms with Crippen molar-refractivity contribution in [3.8, 4) is 0 Å². The van der Waals surface area contributed by atoms with Crippen LogP contribution >= 0.6 is 0 Å². The lowest BCUT2D eigenvalue weighted by Gasteiger charge is -2.26. The van der Waals surface area contributed by atoms with E-state index in [1.165, 1.54) is 10.8 Å². The third kappa shape index (κ3) is 2.37. The van der Waals surface area contributed by atoms with E-state index >= 15 is 0 Å². The van der Waals surface area contributed by atoms with Gasteiger partial charge in [-0.3, -0.25) is 4.79 Å². The molecule has 1 N–H and O–H groups in total. The molecular formula is C15H13F2NO4. The summed E-state index contributed by atoms with van der Waals surface area (Å²) in [4.78, 5) is 23.4. The molecule has 1 aliphatic rings. The van der Waals surface area contributed by atoms with Gasteiger partial charge in [-0.05, 0) is 18.9 Å². The van der Waals surface area contributed by atoms with Gasteiger partial charge in [-0.2, -0.15) is 0 Å². The summed E-state index contributed by atoms with van der Waals surface area (Å²) in [6.45, 7) is 0.930. The van der Waals surface area contributed by atoms with Crippen LogP contribution in [0.25, 0.3) is 10.9 Å². The molecule has 5 nitrogen and oxygen atoms in total. The highest BCUT2D eigenvalue weighted by molar-refractivity contribution is 5.92. The highest BCUT2D eigenvalue weighted by Gasteiger charge is 2.22. The number of ether oxygens (including phenoxy) is 1. The van der Waals surface area contributed by atoms with E-state index in [9.17, 15) is 18.4 Å². The Labute approximate surface area is 123 Å². The van der Waals surface area contributed by atoms with Crippen LogP contribution in [0.5, 0.6) is 0 Å². The fourth-order valence-corrected chi connectivity index (χ4v) is 2.74. The number of hydrogen-bond acceptors (Lipinski definition) is 3. The first-order valence-electron chi connectivity index (χ1n) is 6.84. The maximum atomic E-state index is 13.5. The molecule has 3 rings (SSSR count). The van der Waals surface area contributed by atoms with Crippen LogP contribution in [-0.4, -0.2) is 28.9 Å². The third-order valence-corrected chi connectivity index (χ3v) is 3.83. The van der Waals surface area contributed by atoms with Gasteiger partial charge in [0.15, 0.2) is 11.6 Å². The zero-order chi connectivity index (χ0) is 15.9. The van der Waals surface area contributed by atoms with Crippen LogP contribution in [0.15, 0.2) is 23.1 Å². The minimum absolute atomic E-state index is 0.149. The third-order valence-electron chi connectivity index (χ3n) is 3.83. The molecule has 1 fully saturated rings. The quantitative estimate of drug-likeness (QED) is 0.924. The second-order valence-electron chi connectivity index (χ2n) is 5.24. The number of aromatic carboxylic acids is 1. The van der Waals surface area contributed by atoms with Crippen molar-refractivity contribution in [3.63, 3.8) is 0 Å². The van der Waals surface area contributed by atoms with Crippen LogP contribution in [-0.2, 0) is 4.74 Å². The average molecular weight is 309 g/mol. The maximum Gasteiger partial charge on any atom is 0.341 e. The lowest BCUT2D eigenvalue weighted by molar-refractivity contribution is 0.0597. The van der Waals surface area contributed by atoms with Crippen LogP contribution in [0.3, 0.4) is 0 Å². The monoisotopic (exact) mass is 309 g/mol. The molecule has 22 heavy (non-hydrogen) atoms. The van der Waals surface area contributed by atoms with Gasteiger partial charge in [0.05, 0.1) is 18.2 Å². The van der Waals surface area contributed by atoms with Crippen molar-refractivity contribution in [2.75, 3.05) is 13.2 Å². The molecule has 0 bridgehead atoms. The molecule has 0 saturated carbocycles. The first-order chi connectivity index (χ1) is 10.5. The standard InChI is InChI=1S/C15H13F2NO4/c16-11-4-9-13(5-12(11)17)18(8-2-1-3-22-7-8)6-10(14(9)19)15(20)21/h4-6,8H,1-3,7H2,(H,20,21). The molecule has 1 unspecified atom stereocenters. The van der Waals surface area contributed by atoms with E-state index in [4.69, 9.17) is 9.84 Å². The van der Waals surface area contributed by atoms with E-state index in [1.807, 2.05) is 0 Å². The number of carbonyl (C=O) groups is 1. The van der Waals surface area contributed by atoms with Gasteiger partial charge in [-0.25, -0.2) is 13.6 Å². The predicted molar refractivity (Wildman–Crippen MR) is 74.2 cm³/mol. The molecule has 1 atom stereocenters. The minimum Gasteiger partial charge on any atom is -0.477 e. The molecule has 0 spiro atoms. The van der Waals surface area contributed by atoms with Crippen LogP contribution in [0.2, 0.25) is 0 Å². The summed E-state index contributed by atoms with van der Waals surface area (Å²) in [5.41, 5.74) is -1.12. The number of fused-ring (bicyclic) bond motifs is 1. The Morgan fingerprint density at radius 3 is 2.68 bits per heavy atom. The molecular weight excluding hydrogens is 296 g/mol. The van der Waals surface area contributed by atoms with E-state index in [2.05, 4.69) is 0 Å². The van der Waals surface area contributed by atoms with Crippen LogP contribution < -0.4 is 5.43 Å². The van der Waals surface area contributed by atoms with Gasteiger partial charge in [0.2, 0.25) is 5.43 Å². The van der Waals surface area contributed by atoms with E-state index in [0.29, 0.717) is 19.6 Å². The number of aromatic nitrogens is 1. The summed E-state index contributed by atoms with van der Waals surface area (Å²) in [6, 6.07) is 1.45. The van der Waals surface area contributed by atoms with Crippen LogP contribution in [0.1, 0.15) is 29.2 Å². The first kappa shape index (κ1) is 14.6. The molecule has 7 heteroatoms. The summed E-state index contributed by atoms with van der Waals surface area (Å²) < 4.78 is 33.8. The van der Waals surface area contributed by atoms with E-state index in [1.54, 1.807) is 0 Å². The molecule has 1 saturated heterocycles. The summed E-state index contributed by atoms with van der Waals surface area (Å²) in [6.07, 6.45) is 2.66. The summed E-state index contributed by atoms with van der Waals surface area (Å²) >= 11 is 0. The van der Waals surface area contributed by atoms with Gasteiger partial charge in [-0.15, -0.1) is 0 Å². The van der Waals surface area contributed by atoms with E-state index < -0.39 is 28.6 Å². The Kier molecular flexibility index (Phi) is 3.66. The molecule has 0 aliphatic carbocycles. The van der Waals surface area contributed by atoms with Crippen LogP contribution in [0.4, 0.5) is 8.78 Å². The fourth-order valence-electron chi connectivity index (χ4n) is 2.74. The van der Waals surface area contributed by atoms with E-state index in [0.717, 1.165) is 18.6 Å². The largest absolute Gasteiger partial charge is 0.477 e. The molecule has 0 amide bonds. The van der Waals surface area contributed by atoms with Gasteiger partial charge in [-0.1, -0.05) is 0 Å². The highest BCUT2D eigenvalue weighted by atomic mass is 19.2. The number of hydrogen-bond donors (Lipinski definition) is 1. The number of benzene rings is 1. The van der Waals surface area contributed by atoms with Crippen molar-refractivity contribution in [3.05, 3.63) is 45.8 Å². The lowest BCUT2D eigenvalue weighted by atomic mass is 10.1. The normalized spacial score (nSPS) is 18.5. The Morgan fingerprint density at radius 2 is 2.05 bits per heavy atom. The van der Waals surface area contributed by atoms with Gasteiger partial charge < -0.3 is 14.4 Å². The Morgan fingerprint density at radius 1 is 1.32 bits per heavy atom. The van der Waals surface area contributed by atoms with Crippen molar-refractivity contribution >= 4 is 16.9 Å². The Balaban J connectivity index is 2.33. The summed E-state index contributed by atoms with van der Waals surface area (Å²) in [5.74, 6) is -3.67. The van der Waals surface area contributed by atoms with Crippen molar-refractivity contribution in [2.45, 2.75) is 18.9 Å². The molecule has 1 aliphatic heterocycles. The highest BCUT2D eigenvalue weighted by Crippen LogP contribution is 2.25. The van der Waals surface area contributed by atoms with Gasteiger partial charge in [0.1, 0.15) is 5.56 Å². The van der Waals surface area contributed by atoms with Crippen molar-refractivity contribution in [2.24, 2.45) is 0 Å². The molecule has 1 aromatic heterocycles. The summed E-state index contributed by atoms with van der Waals surface area (Å²) in [7, 11) is 0. The topological polar surface area (TPSA) is 68.5 Å². The minimum atomic E-state index is -1.40.